The van der Waals surface area contributed by atoms with Gasteiger partial charge in [0.2, 0.25) is 0 Å². The van der Waals surface area contributed by atoms with E-state index in [0.29, 0.717) is 0 Å². The summed E-state index contributed by atoms with van der Waals surface area (Å²) in [6, 6.07) is 7.44. The fourth-order valence-corrected chi connectivity index (χ4v) is 0.750. The summed E-state index contributed by atoms with van der Waals surface area (Å²) in [5, 5.41) is 0.748. The second kappa shape index (κ2) is 3.92. The Morgan fingerprint density at radius 2 is 2.00 bits per heavy atom. The number of halogens is 1. The predicted molar refractivity (Wildman–Crippen MR) is 35.9 cm³/mol. The van der Waals surface area contributed by atoms with Gasteiger partial charge in [-0.25, -0.2) is 0 Å². The third-order valence-electron chi connectivity index (χ3n) is 0.889. The van der Waals surface area contributed by atoms with E-state index in [1.807, 2.05) is 24.3 Å². The van der Waals surface area contributed by atoms with Crippen molar-refractivity contribution in [3.63, 3.8) is 0 Å². The zero-order chi connectivity index (χ0) is 5.98. The van der Waals surface area contributed by atoms with Crippen LogP contribution >= 0.6 is 11.6 Å². The van der Waals surface area contributed by atoms with Crippen molar-refractivity contribution >= 4 is 11.6 Å². The average Bonchev–Trinajstić information content (AvgIpc) is 1.64. The van der Waals surface area contributed by atoms with E-state index in [9.17, 15) is 0 Å². The largest absolute Gasteiger partial charge is 0.199 e. The van der Waals surface area contributed by atoms with Crippen molar-refractivity contribution in [2.45, 2.75) is 0 Å². The van der Waals surface area contributed by atoms with Gasteiger partial charge in [-0.1, -0.05) is 17.7 Å². The van der Waals surface area contributed by atoms with Gasteiger partial charge < -0.3 is 0 Å². The van der Waals surface area contributed by atoms with Crippen LogP contribution in [0, 0.1) is 6.92 Å². The van der Waals surface area contributed by atoms with Crippen molar-refractivity contribution < 1.29 is 19.5 Å². The average molecular weight is 191 g/mol. The maximum Gasteiger partial charge on any atom is 0 e. The normalized spacial score (nSPS) is 8.11. The molecule has 0 aliphatic carbocycles. The van der Waals surface area contributed by atoms with Crippen LogP contribution in [0.5, 0.6) is 0 Å². The van der Waals surface area contributed by atoms with Crippen LogP contribution in [0.3, 0.4) is 0 Å². The molecule has 0 saturated carbocycles. The Balaban J connectivity index is 0.000000640. The Morgan fingerprint density at radius 1 is 1.33 bits per heavy atom. The van der Waals surface area contributed by atoms with Crippen LogP contribution in [0.15, 0.2) is 24.3 Å². The van der Waals surface area contributed by atoms with E-state index in [2.05, 4.69) is 6.92 Å². The zero-order valence-electron chi connectivity index (χ0n) is 5.10. The summed E-state index contributed by atoms with van der Waals surface area (Å²) in [4.78, 5) is 0. The van der Waals surface area contributed by atoms with Crippen LogP contribution in [0.2, 0.25) is 5.02 Å². The van der Waals surface area contributed by atoms with Crippen LogP contribution in [0.1, 0.15) is 5.56 Å². The SMILES string of the molecule is [CH2-]c1cccc(Cl)c1.[Zn]. The van der Waals surface area contributed by atoms with Crippen LogP contribution in [0.25, 0.3) is 0 Å². The molecule has 0 bridgehead atoms. The van der Waals surface area contributed by atoms with Gasteiger partial charge in [-0.3, -0.25) is 0 Å². The van der Waals surface area contributed by atoms with E-state index in [1.54, 1.807) is 0 Å². The molecule has 0 nitrogen and oxygen atoms in total. The smallest absolute Gasteiger partial charge is 0 e. The van der Waals surface area contributed by atoms with Crippen molar-refractivity contribution in [2.75, 3.05) is 0 Å². The second-order valence-corrected chi connectivity index (χ2v) is 2.07. The topological polar surface area (TPSA) is 0 Å². The van der Waals surface area contributed by atoms with Crippen molar-refractivity contribution in [1.82, 2.24) is 0 Å². The number of hydrogen-bond donors (Lipinski definition) is 0. The molecule has 9 heavy (non-hydrogen) atoms. The van der Waals surface area contributed by atoms with Gasteiger partial charge in [-0.05, 0) is 5.02 Å². The van der Waals surface area contributed by atoms with Crippen LogP contribution < -0.4 is 0 Å². The Kier molecular flexibility index (Phi) is 3.92. The molecule has 0 radical (unpaired) electrons. The second-order valence-electron chi connectivity index (χ2n) is 1.63. The molecule has 1 aromatic carbocycles. The summed E-state index contributed by atoms with van der Waals surface area (Å²) in [5.74, 6) is 0. The molecule has 1 aromatic rings. The van der Waals surface area contributed by atoms with E-state index in [-0.39, 0.29) is 19.5 Å². The third kappa shape index (κ3) is 2.88. The minimum absolute atomic E-state index is 0. The molecule has 0 aliphatic rings. The van der Waals surface area contributed by atoms with Gasteiger partial charge in [0.1, 0.15) is 0 Å². The first-order chi connectivity index (χ1) is 3.79. The molecule has 0 aromatic heterocycles. The number of hydrogen-bond acceptors (Lipinski definition) is 0. The molecule has 44 valence electrons. The van der Waals surface area contributed by atoms with Gasteiger partial charge in [-0.15, -0.1) is 12.1 Å². The third-order valence-corrected chi connectivity index (χ3v) is 1.12. The van der Waals surface area contributed by atoms with Gasteiger partial charge in [-0.2, -0.15) is 18.6 Å². The molecule has 2 heteroatoms. The van der Waals surface area contributed by atoms with Crippen molar-refractivity contribution in [1.29, 1.82) is 0 Å². The molecular formula is C7H6ClZn-. The van der Waals surface area contributed by atoms with E-state index in [4.69, 9.17) is 11.6 Å². The molecule has 0 heterocycles. The minimum Gasteiger partial charge on any atom is -0.199 e. The van der Waals surface area contributed by atoms with Crippen LogP contribution in [-0.4, -0.2) is 0 Å². The van der Waals surface area contributed by atoms with Gasteiger partial charge >= 0.3 is 0 Å². The number of rotatable bonds is 0. The first-order valence-electron chi connectivity index (χ1n) is 2.36. The summed E-state index contributed by atoms with van der Waals surface area (Å²) < 4.78 is 0. The van der Waals surface area contributed by atoms with Gasteiger partial charge in [0.15, 0.2) is 0 Å². The maximum atomic E-state index is 5.60. The molecule has 0 spiro atoms. The predicted octanol–water partition coefficient (Wildman–Crippen LogP) is 2.52. The molecule has 0 amide bonds. The molecule has 0 fully saturated rings. The van der Waals surface area contributed by atoms with E-state index >= 15 is 0 Å². The van der Waals surface area contributed by atoms with Crippen molar-refractivity contribution in [3.8, 4) is 0 Å². The zero-order valence-corrected chi connectivity index (χ0v) is 8.82. The Bertz CT molecular complexity index is 169. The Hall–Kier alpha value is 0.00338. The van der Waals surface area contributed by atoms with E-state index in [1.165, 1.54) is 0 Å². The molecule has 0 saturated heterocycles. The molecule has 0 unspecified atom stereocenters. The van der Waals surface area contributed by atoms with Crippen molar-refractivity contribution in [3.05, 3.63) is 41.8 Å². The fraction of sp³-hybridized carbons (Fsp3) is 0. The van der Waals surface area contributed by atoms with E-state index < -0.39 is 0 Å². The maximum absolute atomic E-state index is 5.60. The summed E-state index contributed by atoms with van der Waals surface area (Å²) in [6.07, 6.45) is 0. The monoisotopic (exact) mass is 189 g/mol. The fourth-order valence-electron chi connectivity index (χ4n) is 0.537. The van der Waals surface area contributed by atoms with Crippen LogP contribution in [0.4, 0.5) is 0 Å². The van der Waals surface area contributed by atoms with Gasteiger partial charge in [0, 0.05) is 19.5 Å². The first kappa shape index (κ1) is 9.00. The molecule has 0 N–H and O–H groups in total. The Morgan fingerprint density at radius 3 is 2.33 bits per heavy atom. The standard InChI is InChI=1S/C7H6Cl.Zn/c1-6-3-2-4-7(8)5-6;/h2-5H,1H2;/q-1;. The van der Waals surface area contributed by atoms with E-state index in [0.717, 1.165) is 10.6 Å². The number of benzene rings is 1. The van der Waals surface area contributed by atoms with Gasteiger partial charge in [0.05, 0.1) is 0 Å². The van der Waals surface area contributed by atoms with Crippen LogP contribution in [-0.2, 0) is 19.5 Å². The minimum atomic E-state index is 0. The Labute approximate surface area is 73.0 Å². The molecule has 0 atom stereocenters. The van der Waals surface area contributed by atoms with Gasteiger partial charge in [0.25, 0.3) is 0 Å². The summed E-state index contributed by atoms with van der Waals surface area (Å²) in [6.45, 7) is 3.70. The first-order valence-corrected chi connectivity index (χ1v) is 2.74. The molecular weight excluding hydrogens is 185 g/mol. The molecule has 0 aliphatic heterocycles. The summed E-state index contributed by atoms with van der Waals surface area (Å²) in [7, 11) is 0. The quantitative estimate of drug-likeness (QED) is 0.436. The summed E-state index contributed by atoms with van der Waals surface area (Å²) >= 11 is 5.60. The molecule has 1 rings (SSSR count). The van der Waals surface area contributed by atoms with Crippen molar-refractivity contribution in [2.24, 2.45) is 0 Å². The summed E-state index contributed by atoms with van der Waals surface area (Å²) in [5.41, 5.74) is 0.956.